The molecule has 3 rings (SSSR count). The number of para-hydroxylation sites is 1. The van der Waals surface area contributed by atoms with Crippen molar-refractivity contribution in [1.29, 1.82) is 0 Å². The van der Waals surface area contributed by atoms with Crippen LogP contribution in [0, 0.1) is 5.92 Å². The van der Waals surface area contributed by atoms with Gasteiger partial charge < -0.3 is 10.4 Å². The van der Waals surface area contributed by atoms with Gasteiger partial charge in [0.15, 0.2) is 0 Å². The summed E-state index contributed by atoms with van der Waals surface area (Å²) in [5.41, 5.74) is 1.08. The molecule has 20 heavy (non-hydrogen) atoms. The second kappa shape index (κ2) is 5.12. The number of rotatable bonds is 3. The van der Waals surface area contributed by atoms with Gasteiger partial charge in [-0.15, -0.1) is 0 Å². The molecule has 1 aliphatic rings. The lowest BCUT2D eigenvalue weighted by atomic mass is 10.1. The van der Waals surface area contributed by atoms with Crippen molar-refractivity contribution in [3.8, 4) is 0 Å². The topological polar surface area (TPSA) is 62.2 Å². The average molecular weight is 270 g/mol. The number of hydrogen-bond donors (Lipinski definition) is 2. The molecule has 1 aromatic heterocycles. The summed E-state index contributed by atoms with van der Waals surface area (Å²) >= 11 is 0. The van der Waals surface area contributed by atoms with Crippen LogP contribution >= 0.6 is 0 Å². The number of benzene rings is 1. The van der Waals surface area contributed by atoms with Gasteiger partial charge in [-0.05, 0) is 37.3 Å². The second-order valence-electron chi connectivity index (χ2n) is 5.64. The number of anilines is 1. The lowest BCUT2D eigenvalue weighted by molar-refractivity contribution is 0.0697. The van der Waals surface area contributed by atoms with Gasteiger partial charge in [-0.25, -0.2) is 9.78 Å². The van der Waals surface area contributed by atoms with E-state index in [2.05, 4.69) is 17.2 Å². The summed E-state index contributed by atoms with van der Waals surface area (Å²) in [5, 5.41) is 13.5. The van der Waals surface area contributed by atoms with Crippen molar-refractivity contribution in [3.05, 3.63) is 35.9 Å². The number of pyridine rings is 1. The quantitative estimate of drug-likeness (QED) is 0.895. The van der Waals surface area contributed by atoms with Crippen LogP contribution < -0.4 is 5.32 Å². The number of carboxylic acid groups (broad SMARTS) is 1. The molecule has 1 heterocycles. The van der Waals surface area contributed by atoms with Gasteiger partial charge in [0.05, 0.1) is 5.52 Å². The highest BCUT2D eigenvalue weighted by Gasteiger charge is 2.23. The van der Waals surface area contributed by atoms with Crippen molar-refractivity contribution in [1.82, 2.24) is 4.98 Å². The molecule has 4 nitrogen and oxygen atoms in total. The van der Waals surface area contributed by atoms with Gasteiger partial charge in [-0.3, -0.25) is 0 Å². The zero-order valence-corrected chi connectivity index (χ0v) is 11.5. The largest absolute Gasteiger partial charge is 0.478 e. The summed E-state index contributed by atoms with van der Waals surface area (Å²) in [6, 6.07) is 9.63. The Balaban J connectivity index is 1.99. The number of aromatic carboxylic acids is 1. The Morgan fingerprint density at radius 3 is 2.85 bits per heavy atom. The molecule has 0 bridgehead atoms. The maximum absolute atomic E-state index is 11.4. The highest BCUT2D eigenvalue weighted by Crippen LogP contribution is 2.29. The van der Waals surface area contributed by atoms with Gasteiger partial charge in [-0.2, -0.15) is 0 Å². The number of fused-ring (bicyclic) bond motifs is 1. The van der Waals surface area contributed by atoms with Crippen molar-refractivity contribution in [3.63, 3.8) is 0 Å². The first-order valence-electron chi connectivity index (χ1n) is 7.03. The van der Waals surface area contributed by atoms with Gasteiger partial charge in [0, 0.05) is 11.4 Å². The average Bonchev–Trinajstić information content (AvgIpc) is 2.83. The zero-order chi connectivity index (χ0) is 14.1. The molecule has 0 spiro atoms. The molecule has 2 N–H and O–H groups in total. The lowest BCUT2D eigenvalue weighted by Gasteiger charge is -2.15. The first-order chi connectivity index (χ1) is 9.63. The Morgan fingerprint density at radius 1 is 1.35 bits per heavy atom. The number of carbonyl (C=O) groups is 1. The van der Waals surface area contributed by atoms with Crippen LogP contribution in [0.5, 0.6) is 0 Å². The maximum atomic E-state index is 11.4. The molecule has 104 valence electrons. The van der Waals surface area contributed by atoms with Gasteiger partial charge in [0.1, 0.15) is 11.4 Å². The highest BCUT2D eigenvalue weighted by atomic mass is 16.4. The Kier molecular flexibility index (Phi) is 3.30. The molecule has 2 atom stereocenters. The third kappa shape index (κ3) is 2.46. The van der Waals surface area contributed by atoms with Crippen LogP contribution in [0.2, 0.25) is 0 Å². The van der Waals surface area contributed by atoms with E-state index >= 15 is 0 Å². The predicted octanol–water partition coefficient (Wildman–Crippen LogP) is 3.53. The molecule has 1 aromatic carbocycles. The Hall–Kier alpha value is -2.10. The second-order valence-corrected chi connectivity index (χ2v) is 5.64. The molecule has 2 aromatic rings. The van der Waals surface area contributed by atoms with E-state index in [4.69, 9.17) is 0 Å². The fourth-order valence-electron chi connectivity index (χ4n) is 2.92. The number of nitrogens with one attached hydrogen (secondary N) is 1. The van der Waals surface area contributed by atoms with E-state index in [1.165, 1.54) is 6.42 Å². The van der Waals surface area contributed by atoms with E-state index in [9.17, 15) is 9.90 Å². The van der Waals surface area contributed by atoms with Crippen LogP contribution in [-0.4, -0.2) is 22.1 Å². The molecule has 1 aliphatic carbocycles. The van der Waals surface area contributed by atoms with E-state index in [-0.39, 0.29) is 5.56 Å². The Morgan fingerprint density at radius 2 is 2.15 bits per heavy atom. The van der Waals surface area contributed by atoms with Crippen LogP contribution in [0.15, 0.2) is 30.3 Å². The van der Waals surface area contributed by atoms with E-state index in [1.54, 1.807) is 6.07 Å². The minimum absolute atomic E-state index is 0.253. The molecule has 0 saturated heterocycles. The van der Waals surface area contributed by atoms with Crippen LogP contribution in [0.4, 0.5) is 5.82 Å². The summed E-state index contributed by atoms with van der Waals surface area (Å²) in [5.74, 6) is 0.258. The molecular formula is C16H18N2O2. The summed E-state index contributed by atoms with van der Waals surface area (Å²) < 4.78 is 0. The van der Waals surface area contributed by atoms with Gasteiger partial charge in [0.2, 0.25) is 0 Å². The van der Waals surface area contributed by atoms with E-state index in [0.717, 1.165) is 23.7 Å². The van der Waals surface area contributed by atoms with Crippen molar-refractivity contribution < 1.29 is 9.90 Å². The number of aromatic nitrogens is 1. The molecule has 1 saturated carbocycles. The summed E-state index contributed by atoms with van der Waals surface area (Å²) in [6.45, 7) is 2.23. The summed E-state index contributed by atoms with van der Waals surface area (Å²) in [6.07, 6.45) is 3.34. The first-order valence-corrected chi connectivity index (χ1v) is 7.03. The Labute approximate surface area is 117 Å². The van der Waals surface area contributed by atoms with Crippen molar-refractivity contribution in [2.75, 3.05) is 5.32 Å². The van der Waals surface area contributed by atoms with Crippen LogP contribution in [-0.2, 0) is 0 Å². The first kappa shape index (κ1) is 12.9. The summed E-state index contributed by atoms with van der Waals surface area (Å²) in [7, 11) is 0. The third-order valence-corrected chi connectivity index (χ3v) is 3.99. The predicted molar refractivity (Wildman–Crippen MR) is 79.1 cm³/mol. The fraction of sp³-hybridized carbons (Fsp3) is 0.375. The van der Waals surface area contributed by atoms with Crippen molar-refractivity contribution >= 4 is 22.7 Å². The van der Waals surface area contributed by atoms with Gasteiger partial charge >= 0.3 is 5.97 Å². The van der Waals surface area contributed by atoms with E-state index < -0.39 is 5.97 Å². The van der Waals surface area contributed by atoms with Crippen LogP contribution in [0.3, 0.4) is 0 Å². The number of carboxylic acids is 1. The Bertz CT molecular complexity index is 654. The molecule has 2 unspecified atom stereocenters. The van der Waals surface area contributed by atoms with Crippen molar-refractivity contribution in [2.24, 2.45) is 5.92 Å². The highest BCUT2D eigenvalue weighted by molar-refractivity contribution is 5.98. The number of nitrogens with zero attached hydrogens (tertiary/aromatic N) is 1. The molecule has 0 amide bonds. The molecular weight excluding hydrogens is 252 g/mol. The minimum atomic E-state index is -0.934. The summed E-state index contributed by atoms with van der Waals surface area (Å²) in [4.78, 5) is 15.9. The smallest absolute Gasteiger partial charge is 0.339 e. The maximum Gasteiger partial charge on any atom is 0.339 e. The molecule has 4 heteroatoms. The SMILES string of the molecule is CC1CCC(Nc2nc3ccccc3cc2C(=O)O)C1. The van der Waals surface area contributed by atoms with Crippen LogP contribution in [0.1, 0.15) is 36.5 Å². The number of hydrogen-bond acceptors (Lipinski definition) is 3. The third-order valence-electron chi connectivity index (χ3n) is 3.99. The van der Waals surface area contributed by atoms with Gasteiger partial charge in [-0.1, -0.05) is 25.1 Å². The van der Waals surface area contributed by atoms with E-state index in [0.29, 0.717) is 17.8 Å². The minimum Gasteiger partial charge on any atom is -0.478 e. The monoisotopic (exact) mass is 270 g/mol. The van der Waals surface area contributed by atoms with E-state index in [1.807, 2.05) is 24.3 Å². The molecule has 1 fully saturated rings. The lowest BCUT2D eigenvalue weighted by Crippen LogP contribution is -2.19. The van der Waals surface area contributed by atoms with Crippen molar-refractivity contribution in [2.45, 2.75) is 32.2 Å². The van der Waals surface area contributed by atoms with Crippen LogP contribution in [0.25, 0.3) is 10.9 Å². The molecule has 0 radical (unpaired) electrons. The standard InChI is InChI=1S/C16H18N2O2/c1-10-6-7-12(8-10)17-15-13(16(19)20)9-11-4-2-3-5-14(11)18-15/h2-5,9-10,12H,6-8H2,1H3,(H,17,18)(H,19,20). The fourth-order valence-corrected chi connectivity index (χ4v) is 2.92. The zero-order valence-electron chi connectivity index (χ0n) is 11.5. The normalized spacial score (nSPS) is 22.1. The molecule has 0 aliphatic heterocycles. The van der Waals surface area contributed by atoms with Gasteiger partial charge in [0.25, 0.3) is 0 Å².